The Balaban J connectivity index is 0.00000480. The SMILES string of the molecule is COCCOCCCNC(=NCC1CCS(=O)(=O)C1)Nc1ccc(OC(C)C)cc1.I. The molecule has 0 bridgehead atoms. The number of sulfone groups is 1. The Bertz CT molecular complexity index is 757. The van der Waals surface area contributed by atoms with E-state index in [0.717, 1.165) is 17.9 Å². The van der Waals surface area contributed by atoms with E-state index in [0.29, 0.717) is 45.3 Å². The Morgan fingerprint density at radius 3 is 2.55 bits per heavy atom. The summed E-state index contributed by atoms with van der Waals surface area (Å²) in [5.74, 6) is 2.01. The molecule has 0 aromatic heterocycles. The minimum Gasteiger partial charge on any atom is -0.491 e. The molecule has 1 atom stereocenters. The second-order valence-corrected chi connectivity index (χ2v) is 9.89. The molecule has 2 rings (SSSR count). The third-order valence-corrected chi connectivity index (χ3v) is 6.35. The molecule has 0 saturated carbocycles. The van der Waals surface area contributed by atoms with Crippen LogP contribution in [-0.4, -0.2) is 72.0 Å². The van der Waals surface area contributed by atoms with Gasteiger partial charge in [0, 0.05) is 32.5 Å². The van der Waals surface area contributed by atoms with Crippen LogP contribution in [0.2, 0.25) is 0 Å². The van der Waals surface area contributed by atoms with E-state index < -0.39 is 9.84 Å². The molecule has 10 heteroatoms. The van der Waals surface area contributed by atoms with Gasteiger partial charge < -0.3 is 24.8 Å². The maximum atomic E-state index is 11.7. The number of ether oxygens (including phenoxy) is 3. The first-order valence-corrected chi connectivity index (χ1v) is 12.3. The summed E-state index contributed by atoms with van der Waals surface area (Å²) in [6.45, 7) is 6.95. The van der Waals surface area contributed by atoms with Crippen LogP contribution in [0.4, 0.5) is 5.69 Å². The zero-order chi connectivity index (χ0) is 21.8. The van der Waals surface area contributed by atoms with Crippen LogP contribution < -0.4 is 15.4 Å². The van der Waals surface area contributed by atoms with Crippen LogP contribution in [0.15, 0.2) is 29.3 Å². The molecule has 0 amide bonds. The first-order valence-electron chi connectivity index (χ1n) is 10.5. The summed E-state index contributed by atoms with van der Waals surface area (Å²) in [6.07, 6.45) is 1.62. The molecular weight excluding hydrogens is 533 g/mol. The Morgan fingerprint density at radius 1 is 1.19 bits per heavy atom. The van der Waals surface area contributed by atoms with Crippen LogP contribution in [0.25, 0.3) is 0 Å². The number of nitrogens with zero attached hydrogens (tertiary/aromatic N) is 1. The maximum absolute atomic E-state index is 11.7. The van der Waals surface area contributed by atoms with E-state index in [-0.39, 0.29) is 47.5 Å². The lowest BCUT2D eigenvalue weighted by atomic mass is 10.1. The van der Waals surface area contributed by atoms with E-state index in [2.05, 4.69) is 15.6 Å². The normalized spacial score (nSPS) is 17.9. The summed E-state index contributed by atoms with van der Waals surface area (Å²) in [4.78, 5) is 4.62. The van der Waals surface area contributed by atoms with E-state index in [1.54, 1.807) is 7.11 Å². The van der Waals surface area contributed by atoms with Gasteiger partial charge in [-0.2, -0.15) is 0 Å². The van der Waals surface area contributed by atoms with Gasteiger partial charge in [0.25, 0.3) is 0 Å². The molecule has 1 saturated heterocycles. The number of hydrogen-bond acceptors (Lipinski definition) is 6. The van der Waals surface area contributed by atoms with E-state index in [4.69, 9.17) is 14.2 Å². The van der Waals surface area contributed by atoms with Gasteiger partial charge in [0.15, 0.2) is 15.8 Å². The van der Waals surface area contributed by atoms with Gasteiger partial charge >= 0.3 is 0 Å². The topological polar surface area (TPSA) is 98.3 Å². The van der Waals surface area contributed by atoms with Crippen molar-refractivity contribution in [3.63, 3.8) is 0 Å². The lowest BCUT2D eigenvalue weighted by Gasteiger charge is -2.15. The van der Waals surface area contributed by atoms with Gasteiger partial charge in [0.05, 0.1) is 30.8 Å². The van der Waals surface area contributed by atoms with Crippen molar-refractivity contribution < 1.29 is 22.6 Å². The number of benzene rings is 1. The summed E-state index contributed by atoms with van der Waals surface area (Å²) in [7, 11) is -1.25. The number of anilines is 1. The minimum absolute atomic E-state index is 0. The molecule has 0 radical (unpaired) electrons. The predicted molar refractivity (Wildman–Crippen MR) is 136 cm³/mol. The molecule has 1 aromatic rings. The third-order valence-electron chi connectivity index (χ3n) is 4.51. The van der Waals surface area contributed by atoms with Crippen molar-refractivity contribution in [3.05, 3.63) is 24.3 Å². The number of aliphatic imine (C=N–C) groups is 1. The highest BCUT2D eigenvalue weighted by atomic mass is 127. The Hall–Kier alpha value is -1.11. The zero-order valence-electron chi connectivity index (χ0n) is 18.6. The van der Waals surface area contributed by atoms with Crippen molar-refractivity contribution in [2.24, 2.45) is 10.9 Å². The first kappa shape index (κ1) is 27.9. The molecule has 8 nitrogen and oxygen atoms in total. The lowest BCUT2D eigenvalue weighted by molar-refractivity contribution is 0.0699. The molecule has 1 fully saturated rings. The number of nitrogens with one attached hydrogen (secondary N) is 2. The van der Waals surface area contributed by atoms with E-state index >= 15 is 0 Å². The summed E-state index contributed by atoms with van der Waals surface area (Å²) in [5.41, 5.74) is 0.882. The van der Waals surface area contributed by atoms with Gasteiger partial charge in [-0.25, -0.2) is 8.42 Å². The molecule has 0 spiro atoms. The fraction of sp³-hybridized carbons (Fsp3) is 0.667. The molecule has 1 heterocycles. The van der Waals surface area contributed by atoms with Gasteiger partial charge in [-0.1, -0.05) is 0 Å². The average Bonchev–Trinajstić information content (AvgIpc) is 3.05. The number of methoxy groups -OCH3 is 1. The lowest BCUT2D eigenvalue weighted by Crippen LogP contribution is -2.33. The predicted octanol–water partition coefficient (Wildman–Crippen LogP) is 2.94. The van der Waals surface area contributed by atoms with Crippen LogP contribution in [0.1, 0.15) is 26.7 Å². The van der Waals surface area contributed by atoms with E-state index in [1.807, 2.05) is 38.1 Å². The summed E-state index contributed by atoms with van der Waals surface area (Å²) < 4.78 is 39.5. The Morgan fingerprint density at radius 2 is 1.94 bits per heavy atom. The van der Waals surface area contributed by atoms with Crippen LogP contribution in [0.5, 0.6) is 5.75 Å². The van der Waals surface area contributed by atoms with Gasteiger partial charge in [0.1, 0.15) is 5.75 Å². The molecule has 1 aliphatic rings. The van der Waals surface area contributed by atoms with Crippen LogP contribution >= 0.6 is 24.0 Å². The molecule has 2 N–H and O–H groups in total. The number of hydrogen-bond donors (Lipinski definition) is 2. The molecule has 0 aliphatic carbocycles. The summed E-state index contributed by atoms with van der Waals surface area (Å²) in [5, 5.41) is 6.59. The van der Waals surface area contributed by atoms with Crippen molar-refractivity contribution in [1.82, 2.24) is 5.32 Å². The van der Waals surface area contributed by atoms with E-state index in [9.17, 15) is 8.42 Å². The molecule has 178 valence electrons. The maximum Gasteiger partial charge on any atom is 0.195 e. The molecule has 1 unspecified atom stereocenters. The molecule has 1 aliphatic heterocycles. The highest BCUT2D eigenvalue weighted by Crippen LogP contribution is 2.19. The molecular formula is C21H36IN3O5S. The second-order valence-electron chi connectivity index (χ2n) is 7.66. The average molecular weight is 570 g/mol. The van der Waals surface area contributed by atoms with Gasteiger partial charge in [-0.05, 0) is 56.9 Å². The Labute approximate surface area is 203 Å². The zero-order valence-corrected chi connectivity index (χ0v) is 21.8. The fourth-order valence-corrected chi connectivity index (χ4v) is 4.88. The standard InChI is InChI=1S/C21H35N3O5S.HI/c1-17(2)29-20-7-5-19(6-8-20)24-21(22-10-4-11-28-13-12-27-3)23-15-18-9-14-30(25,26)16-18;/h5-8,17-18H,4,9-16H2,1-3H3,(H2,22,23,24);1H. The fourth-order valence-electron chi connectivity index (χ4n) is 3.03. The number of guanidine groups is 1. The highest BCUT2D eigenvalue weighted by molar-refractivity contribution is 14.0. The van der Waals surface area contributed by atoms with Crippen molar-refractivity contribution in [2.75, 3.05) is 56.8 Å². The quantitative estimate of drug-likeness (QED) is 0.173. The molecule has 1 aromatic carbocycles. The van der Waals surface area contributed by atoms with Crippen molar-refractivity contribution in [3.8, 4) is 5.75 Å². The highest BCUT2D eigenvalue weighted by Gasteiger charge is 2.27. The number of halogens is 1. The van der Waals surface area contributed by atoms with Crippen LogP contribution in [0, 0.1) is 5.92 Å². The number of rotatable bonds is 12. The minimum atomic E-state index is -2.90. The van der Waals surface area contributed by atoms with E-state index in [1.165, 1.54) is 0 Å². The van der Waals surface area contributed by atoms with Crippen molar-refractivity contribution in [1.29, 1.82) is 0 Å². The second kappa shape index (κ2) is 14.9. The first-order chi connectivity index (χ1) is 14.4. The third kappa shape index (κ3) is 11.9. The van der Waals surface area contributed by atoms with Crippen molar-refractivity contribution in [2.45, 2.75) is 32.8 Å². The smallest absolute Gasteiger partial charge is 0.195 e. The van der Waals surface area contributed by atoms with Gasteiger partial charge in [-0.15, -0.1) is 24.0 Å². The Kier molecular flexibility index (Phi) is 13.4. The summed E-state index contributed by atoms with van der Waals surface area (Å²) >= 11 is 0. The van der Waals surface area contributed by atoms with Gasteiger partial charge in [-0.3, -0.25) is 4.99 Å². The van der Waals surface area contributed by atoms with Crippen LogP contribution in [-0.2, 0) is 19.3 Å². The molecule has 31 heavy (non-hydrogen) atoms. The monoisotopic (exact) mass is 569 g/mol. The van der Waals surface area contributed by atoms with Gasteiger partial charge in [0.2, 0.25) is 0 Å². The van der Waals surface area contributed by atoms with Crippen LogP contribution in [0.3, 0.4) is 0 Å². The summed E-state index contributed by atoms with van der Waals surface area (Å²) in [6, 6.07) is 7.69. The largest absolute Gasteiger partial charge is 0.491 e. The van der Waals surface area contributed by atoms with Crippen molar-refractivity contribution >= 4 is 45.5 Å².